The molecule has 1 rings (SSSR count). The maximum absolute atomic E-state index is 2.45. The zero-order valence-electron chi connectivity index (χ0n) is 8.54. The molecule has 0 aliphatic heterocycles. The molecule has 0 nitrogen and oxygen atoms in total. The van der Waals surface area contributed by atoms with Crippen LogP contribution in [0.3, 0.4) is 0 Å². The van der Waals surface area contributed by atoms with Crippen LogP contribution in [0.5, 0.6) is 0 Å². The Morgan fingerprint density at radius 3 is 2.00 bits per heavy atom. The van der Waals surface area contributed by atoms with E-state index in [2.05, 4.69) is 27.7 Å². The summed E-state index contributed by atoms with van der Waals surface area (Å²) in [4.78, 5) is 0. The molecule has 0 heteroatoms. The van der Waals surface area contributed by atoms with E-state index in [9.17, 15) is 0 Å². The minimum Gasteiger partial charge on any atom is -0.0654 e. The van der Waals surface area contributed by atoms with Gasteiger partial charge in [-0.2, -0.15) is 0 Å². The molecule has 1 aliphatic carbocycles. The lowest BCUT2D eigenvalue weighted by Crippen LogP contribution is -2.03. The van der Waals surface area contributed by atoms with Crippen molar-refractivity contribution in [3.63, 3.8) is 0 Å². The highest BCUT2D eigenvalue weighted by Gasteiger charge is 2.56. The third kappa shape index (κ3) is 1.77. The van der Waals surface area contributed by atoms with Crippen LogP contribution in [-0.4, -0.2) is 0 Å². The van der Waals surface area contributed by atoms with Crippen molar-refractivity contribution in [3.05, 3.63) is 0 Å². The van der Waals surface area contributed by atoms with E-state index in [0.717, 1.165) is 0 Å². The van der Waals surface area contributed by atoms with E-state index in [1.165, 1.54) is 32.1 Å². The third-order valence-electron chi connectivity index (χ3n) is 3.67. The Hall–Kier alpha value is 0. The summed E-state index contributed by atoms with van der Waals surface area (Å²) in [6, 6.07) is 0. The molecule has 1 unspecified atom stereocenters. The van der Waals surface area contributed by atoms with Crippen LogP contribution >= 0.6 is 0 Å². The Balaban J connectivity index is 2.18. The van der Waals surface area contributed by atoms with E-state index in [1.807, 2.05) is 0 Å². The second-order valence-electron chi connectivity index (χ2n) is 5.08. The zero-order chi connectivity index (χ0) is 8.54. The molecule has 0 aromatic heterocycles. The Labute approximate surface area is 71.4 Å². The number of hydrogen-bond donors (Lipinski definition) is 0. The van der Waals surface area contributed by atoms with Gasteiger partial charge in [-0.15, -0.1) is 0 Å². The van der Waals surface area contributed by atoms with Gasteiger partial charge >= 0.3 is 0 Å². The zero-order valence-corrected chi connectivity index (χ0v) is 8.54. The van der Waals surface area contributed by atoms with Gasteiger partial charge in [0.2, 0.25) is 0 Å². The van der Waals surface area contributed by atoms with Crippen molar-refractivity contribution in [1.82, 2.24) is 0 Å². The van der Waals surface area contributed by atoms with Gasteiger partial charge in [0.15, 0.2) is 0 Å². The monoisotopic (exact) mass is 154 g/mol. The van der Waals surface area contributed by atoms with E-state index < -0.39 is 0 Å². The van der Waals surface area contributed by atoms with Crippen LogP contribution in [0.4, 0.5) is 0 Å². The lowest BCUT2D eigenvalue weighted by molar-refractivity contribution is 0.374. The van der Waals surface area contributed by atoms with Crippen LogP contribution in [0.15, 0.2) is 0 Å². The van der Waals surface area contributed by atoms with Crippen LogP contribution in [0.1, 0.15) is 59.8 Å². The number of unbranched alkanes of at least 4 members (excludes halogenated alkanes) is 2. The number of hydrogen-bond acceptors (Lipinski definition) is 0. The van der Waals surface area contributed by atoms with Gasteiger partial charge < -0.3 is 0 Å². The van der Waals surface area contributed by atoms with Gasteiger partial charge in [-0.3, -0.25) is 0 Å². The molecular weight excluding hydrogens is 132 g/mol. The minimum absolute atomic E-state index is 0.654. The summed E-state index contributed by atoms with van der Waals surface area (Å²) in [7, 11) is 0. The van der Waals surface area contributed by atoms with E-state index in [0.29, 0.717) is 10.8 Å². The summed E-state index contributed by atoms with van der Waals surface area (Å²) in [5.41, 5.74) is 1.35. The third-order valence-corrected chi connectivity index (χ3v) is 3.67. The molecule has 0 bridgehead atoms. The Morgan fingerprint density at radius 2 is 1.64 bits per heavy atom. The lowest BCUT2D eigenvalue weighted by Gasteiger charge is -2.13. The molecule has 0 heterocycles. The van der Waals surface area contributed by atoms with E-state index >= 15 is 0 Å². The second-order valence-corrected chi connectivity index (χ2v) is 5.08. The first kappa shape index (κ1) is 9.09. The molecule has 0 amide bonds. The highest BCUT2D eigenvalue weighted by molar-refractivity contribution is 5.05. The average molecular weight is 154 g/mol. The van der Waals surface area contributed by atoms with Gasteiger partial charge in [0.05, 0.1) is 0 Å². The van der Waals surface area contributed by atoms with Crippen LogP contribution in [0.25, 0.3) is 0 Å². The maximum Gasteiger partial charge on any atom is -0.0269 e. The van der Waals surface area contributed by atoms with Crippen LogP contribution in [0, 0.1) is 10.8 Å². The van der Waals surface area contributed by atoms with Crippen LogP contribution < -0.4 is 0 Å². The van der Waals surface area contributed by atoms with Crippen molar-refractivity contribution in [2.75, 3.05) is 0 Å². The van der Waals surface area contributed by atoms with Gasteiger partial charge in [0, 0.05) is 0 Å². The summed E-state index contributed by atoms with van der Waals surface area (Å²) in [6.45, 7) is 9.53. The quantitative estimate of drug-likeness (QED) is 0.537. The molecule has 66 valence electrons. The van der Waals surface area contributed by atoms with Crippen LogP contribution in [-0.2, 0) is 0 Å². The molecule has 0 saturated heterocycles. The number of rotatable bonds is 4. The average Bonchev–Trinajstić information content (AvgIpc) is 2.33. The molecule has 0 N–H and O–H groups in total. The Morgan fingerprint density at radius 1 is 1.09 bits per heavy atom. The highest BCUT2D eigenvalue weighted by atomic mass is 14.6. The molecule has 11 heavy (non-hydrogen) atoms. The van der Waals surface area contributed by atoms with Crippen LogP contribution in [0.2, 0.25) is 0 Å². The topological polar surface area (TPSA) is 0 Å². The first-order chi connectivity index (χ1) is 5.02. The molecule has 0 radical (unpaired) electrons. The fourth-order valence-electron chi connectivity index (χ4n) is 2.12. The van der Waals surface area contributed by atoms with Crippen molar-refractivity contribution in [2.24, 2.45) is 10.8 Å². The first-order valence-electron chi connectivity index (χ1n) is 5.02. The molecule has 1 saturated carbocycles. The predicted molar refractivity (Wildman–Crippen MR) is 50.6 cm³/mol. The van der Waals surface area contributed by atoms with Gasteiger partial charge in [-0.05, 0) is 23.7 Å². The van der Waals surface area contributed by atoms with E-state index in [4.69, 9.17) is 0 Å². The van der Waals surface area contributed by atoms with Gasteiger partial charge in [-0.25, -0.2) is 0 Å². The fourth-order valence-corrected chi connectivity index (χ4v) is 2.12. The SMILES string of the molecule is CCCCCC1(C)CC1(C)C. The van der Waals surface area contributed by atoms with Gasteiger partial charge in [0.25, 0.3) is 0 Å². The minimum atomic E-state index is 0.654. The van der Waals surface area contributed by atoms with E-state index in [-0.39, 0.29) is 0 Å². The summed E-state index contributed by atoms with van der Waals surface area (Å²) in [5.74, 6) is 0. The summed E-state index contributed by atoms with van der Waals surface area (Å²) < 4.78 is 0. The first-order valence-corrected chi connectivity index (χ1v) is 5.02. The predicted octanol–water partition coefficient (Wildman–Crippen LogP) is 4.00. The Bertz CT molecular complexity index is 135. The molecule has 0 aromatic carbocycles. The molecule has 1 fully saturated rings. The fraction of sp³-hybridized carbons (Fsp3) is 1.00. The maximum atomic E-state index is 2.45. The molecule has 0 spiro atoms. The van der Waals surface area contributed by atoms with Crippen molar-refractivity contribution in [1.29, 1.82) is 0 Å². The molecule has 0 aromatic rings. The summed E-state index contributed by atoms with van der Waals surface area (Å²) >= 11 is 0. The lowest BCUT2D eigenvalue weighted by atomic mass is 9.92. The van der Waals surface area contributed by atoms with Crippen molar-refractivity contribution in [2.45, 2.75) is 59.8 Å². The van der Waals surface area contributed by atoms with Gasteiger partial charge in [-0.1, -0.05) is 47.0 Å². The standard InChI is InChI=1S/C11H22/c1-5-6-7-8-11(4)9-10(11,2)3/h5-9H2,1-4H3. The largest absolute Gasteiger partial charge is 0.0654 e. The van der Waals surface area contributed by atoms with E-state index in [1.54, 1.807) is 0 Å². The van der Waals surface area contributed by atoms with Crippen molar-refractivity contribution in [3.8, 4) is 0 Å². The normalized spacial score (nSPS) is 33.8. The second kappa shape index (κ2) is 2.80. The van der Waals surface area contributed by atoms with Crippen molar-refractivity contribution < 1.29 is 0 Å². The van der Waals surface area contributed by atoms with Crippen molar-refractivity contribution >= 4 is 0 Å². The molecule has 1 atom stereocenters. The smallest absolute Gasteiger partial charge is 0.0269 e. The summed E-state index contributed by atoms with van der Waals surface area (Å²) in [6.07, 6.45) is 7.12. The molecule has 1 aliphatic rings. The Kier molecular flexibility index (Phi) is 2.32. The molecular formula is C11H22. The van der Waals surface area contributed by atoms with Gasteiger partial charge in [0.1, 0.15) is 0 Å². The highest BCUT2D eigenvalue weighted by Crippen LogP contribution is 2.65. The summed E-state index contributed by atoms with van der Waals surface area (Å²) in [5, 5.41) is 0.